The predicted molar refractivity (Wildman–Crippen MR) is 67.8 cm³/mol. The molecule has 0 fully saturated rings. The van der Waals surface area contributed by atoms with Crippen LogP contribution in [0.15, 0.2) is 27.6 Å². The van der Waals surface area contributed by atoms with Crippen molar-refractivity contribution < 1.29 is 12.8 Å². The van der Waals surface area contributed by atoms with Crippen LogP contribution in [0.1, 0.15) is 6.92 Å². The number of hydrogen-bond donors (Lipinski definition) is 2. The van der Waals surface area contributed by atoms with Gasteiger partial charge in [-0.15, -0.1) is 0 Å². The lowest BCUT2D eigenvalue weighted by Gasteiger charge is -2.08. The summed E-state index contributed by atoms with van der Waals surface area (Å²) >= 11 is 3.07. The molecule has 1 aromatic rings. The lowest BCUT2D eigenvalue weighted by molar-refractivity contribution is 0.554. The molecule has 0 unspecified atom stereocenters. The van der Waals surface area contributed by atoms with Gasteiger partial charge in [0.05, 0.1) is 0 Å². The first-order chi connectivity index (χ1) is 7.97. The highest BCUT2D eigenvalue weighted by atomic mass is 79.9. The average Bonchev–Trinajstić information content (AvgIpc) is 2.24. The molecular weight excluding hydrogens is 311 g/mol. The van der Waals surface area contributed by atoms with Crippen molar-refractivity contribution in [2.24, 2.45) is 0 Å². The van der Waals surface area contributed by atoms with Crippen LogP contribution in [0, 0.1) is 5.82 Å². The molecule has 2 N–H and O–H groups in total. The Balaban J connectivity index is 2.76. The number of nitrogens with one attached hydrogen (secondary N) is 2. The van der Waals surface area contributed by atoms with E-state index in [2.05, 4.69) is 26.0 Å². The number of sulfonamides is 1. The largest absolute Gasteiger partial charge is 0.316 e. The molecular formula is C10H14BrFN2O2S. The summed E-state index contributed by atoms with van der Waals surface area (Å²) in [4.78, 5) is -0.336. The van der Waals surface area contributed by atoms with Crippen LogP contribution in [0.3, 0.4) is 0 Å². The summed E-state index contributed by atoms with van der Waals surface area (Å²) < 4.78 is 39.7. The van der Waals surface area contributed by atoms with Crippen LogP contribution in [0.25, 0.3) is 0 Å². The minimum absolute atomic E-state index is 0.228. The van der Waals surface area contributed by atoms with Gasteiger partial charge in [0.15, 0.2) is 0 Å². The number of benzene rings is 1. The highest BCUT2D eigenvalue weighted by Crippen LogP contribution is 2.18. The van der Waals surface area contributed by atoms with Crippen LogP contribution in [0.4, 0.5) is 4.39 Å². The van der Waals surface area contributed by atoms with Crippen molar-refractivity contribution in [2.75, 3.05) is 19.6 Å². The second-order valence-electron chi connectivity index (χ2n) is 3.33. The molecule has 0 spiro atoms. The van der Waals surface area contributed by atoms with Crippen molar-refractivity contribution in [1.82, 2.24) is 10.0 Å². The first kappa shape index (κ1) is 14.6. The Hall–Kier alpha value is -0.500. The van der Waals surface area contributed by atoms with E-state index in [1.165, 1.54) is 12.1 Å². The number of likely N-dealkylation sites (N-methyl/N-ethyl adjacent to an activating group) is 1. The topological polar surface area (TPSA) is 58.2 Å². The zero-order valence-corrected chi connectivity index (χ0v) is 11.7. The highest BCUT2D eigenvalue weighted by Gasteiger charge is 2.18. The summed E-state index contributed by atoms with van der Waals surface area (Å²) in [5.41, 5.74) is 0. The third-order valence-corrected chi connectivity index (χ3v) is 4.01. The number of hydrogen-bond acceptors (Lipinski definition) is 3. The first-order valence-corrected chi connectivity index (χ1v) is 7.40. The molecule has 0 saturated heterocycles. The van der Waals surface area contributed by atoms with Gasteiger partial charge in [-0.05, 0) is 24.7 Å². The van der Waals surface area contributed by atoms with Crippen molar-refractivity contribution >= 4 is 26.0 Å². The van der Waals surface area contributed by atoms with Gasteiger partial charge in [-0.3, -0.25) is 0 Å². The van der Waals surface area contributed by atoms with Crippen molar-refractivity contribution in [3.8, 4) is 0 Å². The van der Waals surface area contributed by atoms with Gasteiger partial charge in [-0.1, -0.05) is 22.9 Å². The molecule has 0 aromatic heterocycles. The Kier molecular flexibility index (Phi) is 5.51. The molecule has 1 aromatic carbocycles. The molecule has 17 heavy (non-hydrogen) atoms. The molecule has 0 aliphatic rings. The second-order valence-corrected chi connectivity index (χ2v) is 5.98. The van der Waals surface area contributed by atoms with E-state index in [1.807, 2.05) is 6.92 Å². The standard InChI is InChI=1S/C10H14BrFN2O2S/c1-2-13-5-6-14-17(15,16)10-4-3-8(11)7-9(10)12/h3-4,7,13-14H,2,5-6H2,1H3. The van der Waals surface area contributed by atoms with E-state index < -0.39 is 15.8 Å². The van der Waals surface area contributed by atoms with E-state index >= 15 is 0 Å². The molecule has 0 bridgehead atoms. The van der Waals surface area contributed by atoms with Gasteiger partial charge in [0.1, 0.15) is 10.7 Å². The molecule has 1 rings (SSSR count). The zero-order valence-electron chi connectivity index (χ0n) is 9.33. The van der Waals surface area contributed by atoms with Crippen LogP contribution >= 0.6 is 15.9 Å². The molecule has 96 valence electrons. The quantitative estimate of drug-likeness (QED) is 0.779. The van der Waals surface area contributed by atoms with Gasteiger partial charge in [-0.25, -0.2) is 17.5 Å². The Bertz CT molecular complexity index is 479. The Morgan fingerprint density at radius 2 is 2.06 bits per heavy atom. The zero-order chi connectivity index (χ0) is 12.9. The van der Waals surface area contributed by atoms with Crippen LogP contribution in [0.2, 0.25) is 0 Å². The van der Waals surface area contributed by atoms with Gasteiger partial charge < -0.3 is 5.32 Å². The molecule has 4 nitrogen and oxygen atoms in total. The van der Waals surface area contributed by atoms with Gasteiger partial charge in [-0.2, -0.15) is 0 Å². The second kappa shape index (κ2) is 6.44. The van der Waals surface area contributed by atoms with Crippen molar-refractivity contribution in [1.29, 1.82) is 0 Å². The van der Waals surface area contributed by atoms with Gasteiger partial charge >= 0.3 is 0 Å². The fraction of sp³-hybridized carbons (Fsp3) is 0.400. The Morgan fingerprint density at radius 3 is 2.65 bits per heavy atom. The molecule has 0 saturated carbocycles. The monoisotopic (exact) mass is 324 g/mol. The van der Waals surface area contributed by atoms with Crippen LogP contribution in [-0.4, -0.2) is 28.1 Å². The van der Waals surface area contributed by atoms with E-state index in [4.69, 9.17) is 0 Å². The van der Waals surface area contributed by atoms with E-state index in [0.717, 1.165) is 12.6 Å². The SMILES string of the molecule is CCNCCNS(=O)(=O)c1ccc(Br)cc1F. The summed E-state index contributed by atoms with van der Waals surface area (Å²) in [6.45, 7) is 3.41. The average molecular weight is 325 g/mol. The van der Waals surface area contributed by atoms with E-state index in [9.17, 15) is 12.8 Å². The molecule has 0 heterocycles. The summed E-state index contributed by atoms with van der Waals surface area (Å²) in [6.07, 6.45) is 0. The maximum Gasteiger partial charge on any atom is 0.243 e. The van der Waals surface area contributed by atoms with Crippen LogP contribution in [0.5, 0.6) is 0 Å². The van der Waals surface area contributed by atoms with Crippen molar-refractivity contribution in [2.45, 2.75) is 11.8 Å². The van der Waals surface area contributed by atoms with Gasteiger partial charge in [0.25, 0.3) is 0 Å². The maximum atomic E-state index is 13.5. The van der Waals surface area contributed by atoms with Gasteiger partial charge in [0, 0.05) is 17.6 Å². The summed E-state index contributed by atoms with van der Waals surface area (Å²) in [6, 6.07) is 3.84. The maximum absolute atomic E-state index is 13.5. The minimum atomic E-state index is -3.77. The molecule has 7 heteroatoms. The highest BCUT2D eigenvalue weighted by molar-refractivity contribution is 9.10. The fourth-order valence-electron chi connectivity index (χ4n) is 1.22. The van der Waals surface area contributed by atoms with Crippen molar-refractivity contribution in [3.63, 3.8) is 0 Å². The first-order valence-electron chi connectivity index (χ1n) is 5.13. The fourth-order valence-corrected chi connectivity index (χ4v) is 2.64. The van der Waals surface area contributed by atoms with E-state index in [-0.39, 0.29) is 11.4 Å². The Morgan fingerprint density at radius 1 is 1.35 bits per heavy atom. The lowest BCUT2D eigenvalue weighted by Crippen LogP contribution is -2.32. The summed E-state index contributed by atoms with van der Waals surface area (Å²) in [5, 5.41) is 2.97. The van der Waals surface area contributed by atoms with Crippen LogP contribution in [-0.2, 0) is 10.0 Å². The molecule has 0 aliphatic carbocycles. The van der Waals surface area contributed by atoms with E-state index in [1.54, 1.807) is 0 Å². The molecule has 0 atom stereocenters. The third-order valence-electron chi connectivity index (χ3n) is 2.03. The summed E-state index contributed by atoms with van der Waals surface area (Å²) in [7, 11) is -3.77. The molecule has 0 amide bonds. The summed E-state index contributed by atoms with van der Waals surface area (Å²) in [5.74, 6) is -0.768. The Labute approximate surface area is 109 Å². The van der Waals surface area contributed by atoms with Crippen LogP contribution < -0.4 is 10.0 Å². The molecule has 0 radical (unpaired) electrons. The van der Waals surface area contributed by atoms with Gasteiger partial charge in [0.2, 0.25) is 10.0 Å². The predicted octanol–water partition coefficient (Wildman–Crippen LogP) is 1.48. The van der Waals surface area contributed by atoms with Crippen molar-refractivity contribution in [3.05, 3.63) is 28.5 Å². The lowest BCUT2D eigenvalue weighted by atomic mass is 10.3. The third kappa shape index (κ3) is 4.34. The smallest absolute Gasteiger partial charge is 0.243 e. The normalized spacial score (nSPS) is 11.7. The molecule has 0 aliphatic heterocycles. The van der Waals surface area contributed by atoms with E-state index in [0.29, 0.717) is 11.0 Å². The number of rotatable bonds is 6. The number of halogens is 2. The minimum Gasteiger partial charge on any atom is -0.316 e.